The van der Waals surface area contributed by atoms with Crippen molar-refractivity contribution in [3.63, 3.8) is 0 Å². The molecule has 0 aromatic heterocycles. The molecule has 0 saturated carbocycles. The molecule has 1 heterocycles. The van der Waals surface area contributed by atoms with Gasteiger partial charge in [0.25, 0.3) is 0 Å². The van der Waals surface area contributed by atoms with Crippen molar-refractivity contribution in [1.29, 1.82) is 0 Å². The van der Waals surface area contributed by atoms with Crippen LogP contribution in [0.25, 0.3) is 0 Å². The predicted octanol–water partition coefficient (Wildman–Crippen LogP) is 1.04. The highest BCUT2D eigenvalue weighted by molar-refractivity contribution is 6.04. The highest BCUT2D eigenvalue weighted by Gasteiger charge is 2.39. The first-order valence-electron chi connectivity index (χ1n) is 20.3. The van der Waals surface area contributed by atoms with E-state index in [9.17, 15) is 28.8 Å². The van der Waals surface area contributed by atoms with Gasteiger partial charge < -0.3 is 53.8 Å². The topological polar surface area (TPSA) is 216 Å². The number of nitrogens with zero attached hydrogens (tertiary/aromatic N) is 1. The Morgan fingerprint density at radius 3 is 1.47 bits per heavy atom. The molecule has 18 nitrogen and oxygen atoms in total. The van der Waals surface area contributed by atoms with Gasteiger partial charge in [-0.3, -0.25) is 33.7 Å². The minimum absolute atomic E-state index is 0.00979. The smallest absolute Gasteiger partial charge is 0.247 e. The number of ketones is 1. The minimum Gasteiger partial charge on any atom is -0.379 e. The summed E-state index contributed by atoms with van der Waals surface area (Å²) in [5.41, 5.74) is 0.00979. The number of imide groups is 1. The quantitative estimate of drug-likeness (QED) is 0.0454. The molecule has 3 N–H and O–H groups in total. The molecular weight excluding hydrogens is 760 g/mol. The first kappa shape index (κ1) is 52.7. The number of nitrogens with one attached hydrogen (secondary N) is 3. The van der Waals surface area contributed by atoms with E-state index in [1.165, 1.54) is 4.90 Å². The number of hydrogen-bond donors (Lipinski definition) is 3. The largest absolute Gasteiger partial charge is 0.379 e. The van der Waals surface area contributed by atoms with Gasteiger partial charge >= 0.3 is 0 Å². The number of amides is 5. The summed E-state index contributed by atoms with van der Waals surface area (Å²) in [6, 6.07) is -0.806. The van der Waals surface area contributed by atoms with E-state index < -0.39 is 11.9 Å². The fourth-order valence-corrected chi connectivity index (χ4v) is 5.25. The van der Waals surface area contributed by atoms with Crippen LogP contribution >= 0.6 is 0 Å². The standard InChI is InChI=1S/C40H70N4O14/c1-29(2)33-28-36(47)44(40(33)50)11-8-34(45)41-10-13-52-15-17-54-19-21-56-23-25-58-27-26-57-24-22-55-20-18-53-16-14-51-12-9-35(46)43-37(30(3)4)39(49)42-32(7)38(48)31(5)6/h29-31,33,37H,7-28H2,1-6H3,(H,41,45)(H,42,49)(H,43,46)/t33?,37-/m0/s1. The monoisotopic (exact) mass is 830 g/mol. The molecule has 18 heteroatoms. The lowest BCUT2D eigenvalue weighted by atomic mass is 9.94. The normalized spacial score (nSPS) is 14.8. The number of rotatable bonds is 37. The number of carbonyl (C=O) groups is 6. The number of Topliss-reactive ketones (excluding diaryl/α,β-unsaturated/α-hetero) is 1. The average molecular weight is 831 g/mol. The maximum absolute atomic E-state index is 12.6. The van der Waals surface area contributed by atoms with Crippen molar-refractivity contribution in [2.24, 2.45) is 23.7 Å². The second-order valence-corrected chi connectivity index (χ2v) is 14.5. The number of hydrogen-bond acceptors (Lipinski definition) is 14. The molecule has 1 rings (SSSR count). The van der Waals surface area contributed by atoms with Crippen LogP contribution in [0.5, 0.6) is 0 Å². The zero-order valence-electron chi connectivity index (χ0n) is 35.6. The second kappa shape index (κ2) is 32.5. The van der Waals surface area contributed by atoms with Gasteiger partial charge in [0.05, 0.1) is 111 Å². The number of allylic oxidation sites excluding steroid dienone is 1. The van der Waals surface area contributed by atoms with Gasteiger partial charge in [0.15, 0.2) is 5.78 Å². The number of ether oxygens (including phenoxy) is 8. The molecule has 1 aliphatic heterocycles. The third-order valence-corrected chi connectivity index (χ3v) is 8.65. The predicted molar refractivity (Wildman–Crippen MR) is 212 cm³/mol. The maximum atomic E-state index is 12.6. The summed E-state index contributed by atoms with van der Waals surface area (Å²) in [5, 5.41) is 7.92. The van der Waals surface area contributed by atoms with Gasteiger partial charge in [-0.2, -0.15) is 0 Å². The summed E-state index contributed by atoms with van der Waals surface area (Å²) < 4.78 is 43.7. The molecule has 334 valence electrons. The molecule has 2 atom stereocenters. The van der Waals surface area contributed by atoms with E-state index in [-0.39, 0.29) is 91.2 Å². The fraction of sp³-hybridized carbons (Fsp3) is 0.800. The zero-order chi connectivity index (χ0) is 43.1. The lowest BCUT2D eigenvalue weighted by Crippen LogP contribution is -2.50. The van der Waals surface area contributed by atoms with Crippen molar-refractivity contribution in [3.8, 4) is 0 Å². The highest BCUT2D eigenvalue weighted by Crippen LogP contribution is 2.26. The molecule has 1 aliphatic rings. The molecule has 1 fully saturated rings. The van der Waals surface area contributed by atoms with E-state index in [0.717, 1.165) is 0 Å². The van der Waals surface area contributed by atoms with Gasteiger partial charge in [-0.25, -0.2) is 0 Å². The van der Waals surface area contributed by atoms with Crippen LogP contribution in [-0.4, -0.2) is 165 Å². The van der Waals surface area contributed by atoms with Gasteiger partial charge in [0.2, 0.25) is 29.5 Å². The molecule has 0 bridgehead atoms. The van der Waals surface area contributed by atoms with Crippen LogP contribution in [0.4, 0.5) is 0 Å². The van der Waals surface area contributed by atoms with E-state index >= 15 is 0 Å². The van der Waals surface area contributed by atoms with E-state index in [4.69, 9.17) is 37.9 Å². The lowest BCUT2D eigenvalue weighted by Gasteiger charge is -2.22. The van der Waals surface area contributed by atoms with E-state index in [1.54, 1.807) is 27.7 Å². The van der Waals surface area contributed by atoms with Gasteiger partial charge in [-0.05, 0) is 11.8 Å². The second-order valence-electron chi connectivity index (χ2n) is 14.5. The van der Waals surface area contributed by atoms with Crippen LogP contribution in [-0.2, 0) is 66.7 Å². The highest BCUT2D eigenvalue weighted by atomic mass is 16.6. The van der Waals surface area contributed by atoms with Crippen molar-refractivity contribution in [3.05, 3.63) is 12.3 Å². The van der Waals surface area contributed by atoms with Crippen molar-refractivity contribution < 1.29 is 66.7 Å². The molecule has 58 heavy (non-hydrogen) atoms. The third-order valence-electron chi connectivity index (χ3n) is 8.65. The maximum Gasteiger partial charge on any atom is 0.247 e. The molecule has 0 radical (unpaired) electrons. The van der Waals surface area contributed by atoms with Crippen LogP contribution in [0.1, 0.15) is 60.8 Å². The molecule has 1 saturated heterocycles. The summed E-state index contributed by atoms with van der Waals surface area (Å²) in [6.45, 7) is 21.0. The van der Waals surface area contributed by atoms with Crippen LogP contribution in [0, 0.1) is 23.7 Å². The molecule has 0 aliphatic carbocycles. The van der Waals surface area contributed by atoms with Gasteiger partial charge in [0, 0.05) is 44.2 Å². The zero-order valence-corrected chi connectivity index (χ0v) is 35.6. The molecule has 0 aromatic rings. The van der Waals surface area contributed by atoms with Crippen LogP contribution in [0.2, 0.25) is 0 Å². The van der Waals surface area contributed by atoms with E-state index in [0.29, 0.717) is 106 Å². The fourth-order valence-electron chi connectivity index (χ4n) is 5.25. The summed E-state index contributed by atoms with van der Waals surface area (Å²) in [6.07, 6.45) is 0.363. The van der Waals surface area contributed by atoms with E-state index in [2.05, 4.69) is 22.5 Å². The first-order chi connectivity index (χ1) is 27.8. The molecule has 0 spiro atoms. The van der Waals surface area contributed by atoms with Crippen LogP contribution < -0.4 is 16.0 Å². The van der Waals surface area contributed by atoms with E-state index in [1.807, 2.05) is 13.8 Å². The number of likely N-dealkylation sites (tertiary alicyclic amines) is 1. The van der Waals surface area contributed by atoms with Gasteiger partial charge in [-0.1, -0.05) is 48.1 Å². The lowest BCUT2D eigenvalue weighted by molar-refractivity contribution is -0.140. The van der Waals surface area contributed by atoms with Gasteiger partial charge in [-0.15, -0.1) is 0 Å². The van der Waals surface area contributed by atoms with Crippen molar-refractivity contribution >= 4 is 35.3 Å². The van der Waals surface area contributed by atoms with Crippen molar-refractivity contribution in [1.82, 2.24) is 20.9 Å². The summed E-state index contributed by atoms with van der Waals surface area (Å²) in [7, 11) is 0. The number of carbonyl (C=O) groups excluding carboxylic acids is 6. The van der Waals surface area contributed by atoms with Crippen LogP contribution in [0.15, 0.2) is 12.3 Å². The Bertz CT molecular complexity index is 1230. The SMILES string of the molecule is C=C(NC(=O)[C@@H](NC(=O)CCOCCOCCOCCOCCOCCOCCOCCOCCNC(=O)CCN1C(=O)CC(C(C)C)C1=O)C(C)C)C(=O)C(C)C. The molecular formula is C40H70N4O14. The minimum atomic E-state index is -0.806. The van der Waals surface area contributed by atoms with Crippen molar-refractivity contribution in [2.75, 3.05) is 119 Å². The Labute approximate surface area is 344 Å². The average Bonchev–Trinajstić information content (AvgIpc) is 3.47. The molecule has 0 aromatic carbocycles. The summed E-state index contributed by atoms with van der Waals surface area (Å²) in [5.74, 6) is -2.40. The Morgan fingerprint density at radius 2 is 1.07 bits per heavy atom. The van der Waals surface area contributed by atoms with Crippen LogP contribution in [0.3, 0.4) is 0 Å². The Balaban J connectivity index is 1.82. The Kier molecular flexibility index (Phi) is 29.5. The Hall–Kier alpha value is -3.36. The summed E-state index contributed by atoms with van der Waals surface area (Å²) >= 11 is 0. The Morgan fingerprint density at radius 1 is 0.638 bits per heavy atom. The summed E-state index contributed by atoms with van der Waals surface area (Å²) in [4.78, 5) is 74.5. The molecule has 1 unspecified atom stereocenters. The third kappa shape index (κ3) is 24.5. The first-order valence-corrected chi connectivity index (χ1v) is 20.3. The van der Waals surface area contributed by atoms with Crippen molar-refractivity contribution in [2.45, 2.75) is 66.8 Å². The van der Waals surface area contributed by atoms with Gasteiger partial charge in [0.1, 0.15) is 6.04 Å². The molecule has 5 amide bonds.